The fourth-order valence-electron chi connectivity index (χ4n) is 3.41. The van der Waals surface area contributed by atoms with Gasteiger partial charge in [0.15, 0.2) is 11.5 Å². The molecule has 4 rings (SSSR count). The van der Waals surface area contributed by atoms with Crippen molar-refractivity contribution in [3.63, 3.8) is 0 Å². The van der Waals surface area contributed by atoms with Gasteiger partial charge in [0, 0.05) is 36.7 Å². The zero-order valence-electron chi connectivity index (χ0n) is 14.4. The number of aromatic nitrogens is 2. The zero-order chi connectivity index (χ0) is 17.4. The first-order chi connectivity index (χ1) is 12.2. The summed E-state index contributed by atoms with van der Waals surface area (Å²) >= 11 is 0. The van der Waals surface area contributed by atoms with Crippen LogP contribution in [0.15, 0.2) is 23.0 Å². The summed E-state index contributed by atoms with van der Waals surface area (Å²) in [4.78, 5) is 22.2. The monoisotopic (exact) mass is 341 g/mol. The van der Waals surface area contributed by atoms with Gasteiger partial charge in [-0.1, -0.05) is 12.1 Å². The number of hydrogen-bond donors (Lipinski definition) is 2. The van der Waals surface area contributed by atoms with Crippen molar-refractivity contribution in [2.75, 3.05) is 13.2 Å². The van der Waals surface area contributed by atoms with E-state index >= 15 is 0 Å². The number of nitrogens with one attached hydrogen (secondary N) is 1. The molecule has 0 radical (unpaired) electrons. The summed E-state index contributed by atoms with van der Waals surface area (Å²) in [5.74, 6) is 1.99. The van der Waals surface area contributed by atoms with Gasteiger partial charge in [-0.2, -0.15) is 0 Å². The second-order valence-electron chi connectivity index (χ2n) is 6.81. The van der Waals surface area contributed by atoms with Gasteiger partial charge in [-0.05, 0) is 32.3 Å². The molecule has 6 nitrogen and oxygen atoms in total. The molecule has 0 bridgehead atoms. The molecular formula is C19H23N3O3. The molecule has 6 heteroatoms. The second-order valence-corrected chi connectivity index (χ2v) is 6.81. The Balaban J connectivity index is 1.55. The molecule has 0 spiro atoms. The molecule has 0 saturated heterocycles. The highest BCUT2D eigenvalue weighted by Crippen LogP contribution is 2.38. The highest BCUT2D eigenvalue weighted by molar-refractivity contribution is 5.45. The third-order valence-corrected chi connectivity index (χ3v) is 4.91. The van der Waals surface area contributed by atoms with Crippen LogP contribution in [0.2, 0.25) is 0 Å². The third kappa shape index (κ3) is 3.26. The lowest BCUT2D eigenvalue weighted by Gasteiger charge is -2.28. The van der Waals surface area contributed by atoms with Crippen molar-refractivity contribution in [3.8, 4) is 11.5 Å². The molecule has 1 aliphatic carbocycles. The molecule has 2 aromatic rings. The fraction of sp³-hybridized carbons (Fsp3) is 0.474. The summed E-state index contributed by atoms with van der Waals surface area (Å²) < 4.78 is 5.46. The fourth-order valence-corrected chi connectivity index (χ4v) is 3.41. The molecular weight excluding hydrogens is 318 g/mol. The van der Waals surface area contributed by atoms with Crippen LogP contribution in [0, 0.1) is 0 Å². The van der Waals surface area contributed by atoms with Crippen molar-refractivity contribution in [1.82, 2.24) is 14.9 Å². The Morgan fingerprint density at radius 2 is 2.24 bits per heavy atom. The Hall–Kier alpha value is -2.34. The predicted molar refractivity (Wildman–Crippen MR) is 93.9 cm³/mol. The molecule has 1 saturated carbocycles. The number of nitrogens with zero attached hydrogens (tertiary/aromatic N) is 2. The first kappa shape index (κ1) is 16.1. The highest BCUT2D eigenvalue weighted by atomic mass is 16.5. The van der Waals surface area contributed by atoms with Crippen LogP contribution in [-0.2, 0) is 19.5 Å². The molecule has 2 aliphatic rings. The highest BCUT2D eigenvalue weighted by Gasteiger charge is 2.29. The number of phenols is 1. The molecule has 132 valence electrons. The lowest BCUT2D eigenvalue weighted by molar-refractivity contribution is 0.235. The first-order valence-electron chi connectivity index (χ1n) is 8.93. The van der Waals surface area contributed by atoms with E-state index in [4.69, 9.17) is 9.72 Å². The maximum atomic E-state index is 12.3. The Morgan fingerprint density at radius 3 is 3.00 bits per heavy atom. The summed E-state index contributed by atoms with van der Waals surface area (Å²) in [6, 6.07) is 5.58. The lowest BCUT2D eigenvalue weighted by Crippen LogP contribution is -2.35. The van der Waals surface area contributed by atoms with E-state index in [0.29, 0.717) is 37.8 Å². The van der Waals surface area contributed by atoms with Gasteiger partial charge >= 0.3 is 0 Å². The molecule has 2 N–H and O–H groups in total. The Morgan fingerprint density at radius 1 is 1.40 bits per heavy atom. The number of hydrogen-bond acceptors (Lipinski definition) is 5. The van der Waals surface area contributed by atoms with Crippen molar-refractivity contribution in [2.45, 2.75) is 45.2 Å². The SMILES string of the molecule is CCOc1cccc(CN2CCc3c(nc(C4CC4)[nH]c3=O)C2)c1O. The topological polar surface area (TPSA) is 78.5 Å². The van der Waals surface area contributed by atoms with E-state index < -0.39 is 0 Å². The largest absolute Gasteiger partial charge is 0.504 e. The summed E-state index contributed by atoms with van der Waals surface area (Å²) in [5, 5.41) is 10.4. The third-order valence-electron chi connectivity index (χ3n) is 4.91. The average Bonchev–Trinajstić information content (AvgIpc) is 3.43. The second kappa shape index (κ2) is 6.52. The number of benzene rings is 1. The number of aromatic amines is 1. The van der Waals surface area contributed by atoms with Crippen molar-refractivity contribution in [1.29, 1.82) is 0 Å². The van der Waals surface area contributed by atoms with Crippen LogP contribution in [0.4, 0.5) is 0 Å². The van der Waals surface area contributed by atoms with Crippen LogP contribution in [-0.4, -0.2) is 33.1 Å². The van der Waals surface area contributed by atoms with Crippen LogP contribution in [0.5, 0.6) is 11.5 Å². The zero-order valence-corrected chi connectivity index (χ0v) is 14.4. The Labute approximate surface area is 146 Å². The van der Waals surface area contributed by atoms with Crippen LogP contribution in [0.1, 0.15) is 48.3 Å². The number of rotatable bonds is 5. The average molecular weight is 341 g/mol. The molecule has 1 aromatic heterocycles. The van der Waals surface area contributed by atoms with E-state index in [9.17, 15) is 9.90 Å². The minimum absolute atomic E-state index is 0.0211. The van der Waals surface area contributed by atoms with Gasteiger partial charge in [0.25, 0.3) is 5.56 Å². The quantitative estimate of drug-likeness (QED) is 0.872. The van der Waals surface area contributed by atoms with Gasteiger partial charge in [-0.3, -0.25) is 9.69 Å². The van der Waals surface area contributed by atoms with E-state index in [1.165, 1.54) is 0 Å². The number of aromatic hydroxyl groups is 1. The van der Waals surface area contributed by atoms with E-state index in [-0.39, 0.29) is 11.3 Å². The molecule has 1 aromatic carbocycles. The van der Waals surface area contributed by atoms with Gasteiger partial charge in [0.2, 0.25) is 0 Å². The summed E-state index contributed by atoms with van der Waals surface area (Å²) in [7, 11) is 0. The van der Waals surface area contributed by atoms with E-state index in [0.717, 1.165) is 42.0 Å². The van der Waals surface area contributed by atoms with E-state index in [1.807, 2.05) is 19.1 Å². The number of phenolic OH excluding ortho intramolecular Hbond substituents is 1. The standard InChI is InChI=1S/C19H23N3O3/c1-2-25-16-5-3-4-13(17(16)23)10-22-9-8-14-15(11-22)20-18(12-6-7-12)21-19(14)24/h3-5,12,23H,2,6-11H2,1H3,(H,20,21,24). The maximum absolute atomic E-state index is 12.3. The number of ether oxygens (including phenoxy) is 1. The van der Waals surface area contributed by atoms with Gasteiger partial charge in [0.05, 0.1) is 12.3 Å². The molecule has 1 fully saturated rings. The van der Waals surface area contributed by atoms with E-state index in [2.05, 4.69) is 9.88 Å². The Kier molecular flexibility index (Phi) is 4.21. The Bertz CT molecular complexity index is 842. The smallest absolute Gasteiger partial charge is 0.254 e. The summed E-state index contributed by atoms with van der Waals surface area (Å²) in [6.07, 6.45) is 2.92. The number of H-pyrrole nitrogens is 1. The van der Waals surface area contributed by atoms with Crippen molar-refractivity contribution < 1.29 is 9.84 Å². The minimum Gasteiger partial charge on any atom is -0.504 e. The van der Waals surface area contributed by atoms with Gasteiger partial charge in [-0.15, -0.1) is 0 Å². The number of fused-ring (bicyclic) bond motifs is 1. The molecule has 0 atom stereocenters. The minimum atomic E-state index is 0.0211. The van der Waals surface area contributed by atoms with Crippen LogP contribution in [0.3, 0.4) is 0 Å². The first-order valence-corrected chi connectivity index (χ1v) is 8.93. The van der Waals surface area contributed by atoms with Crippen molar-refractivity contribution in [3.05, 3.63) is 51.2 Å². The maximum Gasteiger partial charge on any atom is 0.254 e. The van der Waals surface area contributed by atoms with E-state index in [1.54, 1.807) is 6.07 Å². The molecule has 2 heterocycles. The number of para-hydroxylation sites is 1. The van der Waals surface area contributed by atoms with Gasteiger partial charge in [0.1, 0.15) is 5.82 Å². The van der Waals surface area contributed by atoms with Crippen molar-refractivity contribution in [2.24, 2.45) is 0 Å². The summed E-state index contributed by atoms with van der Waals surface area (Å²) in [6.45, 7) is 4.44. The summed E-state index contributed by atoms with van der Waals surface area (Å²) in [5.41, 5.74) is 2.56. The normalized spacial score (nSPS) is 17.3. The molecule has 0 unspecified atom stereocenters. The predicted octanol–water partition coefficient (Wildman–Crippen LogP) is 2.31. The lowest BCUT2D eigenvalue weighted by atomic mass is 10.0. The van der Waals surface area contributed by atoms with Gasteiger partial charge in [-0.25, -0.2) is 4.98 Å². The van der Waals surface area contributed by atoms with Crippen molar-refractivity contribution >= 4 is 0 Å². The molecule has 0 amide bonds. The van der Waals surface area contributed by atoms with Gasteiger partial charge < -0.3 is 14.8 Å². The van der Waals surface area contributed by atoms with Crippen LogP contribution < -0.4 is 10.3 Å². The van der Waals surface area contributed by atoms with Crippen LogP contribution >= 0.6 is 0 Å². The molecule has 1 aliphatic heterocycles. The molecule has 25 heavy (non-hydrogen) atoms. The van der Waals surface area contributed by atoms with Crippen LogP contribution in [0.25, 0.3) is 0 Å².